The van der Waals surface area contributed by atoms with E-state index in [1.807, 2.05) is 6.92 Å². The van der Waals surface area contributed by atoms with E-state index in [0.717, 1.165) is 6.42 Å². The van der Waals surface area contributed by atoms with E-state index in [1.165, 1.54) is 27.2 Å². The zero-order valence-corrected chi connectivity index (χ0v) is 22.8. The normalized spacial score (nSPS) is 15.9. The van der Waals surface area contributed by atoms with Gasteiger partial charge in [-0.25, -0.2) is 13.4 Å². The molecule has 0 radical (unpaired) electrons. The van der Waals surface area contributed by atoms with E-state index in [4.69, 9.17) is 4.74 Å². The Kier molecular flexibility index (Phi) is 8.51. The molecular formula is C24H32N6O8S. The number of aliphatic hydroxyl groups is 1. The molecule has 1 saturated heterocycles. The molecule has 212 valence electrons. The van der Waals surface area contributed by atoms with Gasteiger partial charge in [-0.15, -0.1) is 10.1 Å². The van der Waals surface area contributed by atoms with Crippen LogP contribution < -0.4 is 10.3 Å². The highest BCUT2D eigenvalue weighted by molar-refractivity contribution is 7.89. The van der Waals surface area contributed by atoms with Crippen molar-refractivity contribution >= 4 is 21.1 Å². The van der Waals surface area contributed by atoms with Crippen molar-refractivity contribution in [1.29, 1.82) is 0 Å². The summed E-state index contributed by atoms with van der Waals surface area (Å²) in [5.41, 5.74) is 1.39. The van der Waals surface area contributed by atoms with Gasteiger partial charge in [0.1, 0.15) is 23.7 Å². The van der Waals surface area contributed by atoms with Gasteiger partial charge in [-0.05, 0) is 50.3 Å². The maximum atomic E-state index is 13.6. The number of aromatic amines is 1. The smallest absolute Gasteiger partial charge is 0.294 e. The summed E-state index contributed by atoms with van der Waals surface area (Å²) >= 11 is 0. The number of sulfonamides is 1. The highest BCUT2D eigenvalue weighted by Gasteiger charge is 2.33. The highest BCUT2D eigenvalue weighted by atomic mass is 32.2. The Labute approximate surface area is 224 Å². The molecule has 0 unspecified atom stereocenters. The van der Waals surface area contributed by atoms with E-state index in [9.17, 15) is 28.4 Å². The van der Waals surface area contributed by atoms with Gasteiger partial charge in [0.05, 0.1) is 28.9 Å². The first-order valence-corrected chi connectivity index (χ1v) is 14.2. The lowest BCUT2D eigenvalue weighted by molar-refractivity contribution is -0.759. The summed E-state index contributed by atoms with van der Waals surface area (Å²) in [6.45, 7) is 3.91. The Hall–Kier alpha value is -3.56. The van der Waals surface area contributed by atoms with E-state index in [1.54, 1.807) is 14.0 Å². The fraction of sp³-hybridized carbons (Fsp3) is 0.542. The Balaban J connectivity index is 1.66. The van der Waals surface area contributed by atoms with Crippen LogP contribution in [0.15, 0.2) is 27.9 Å². The first-order chi connectivity index (χ1) is 18.6. The number of H-pyrrole nitrogens is 1. The van der Waals surface area contributed by atoms with Gasteiger partial charge in [-0.2, -0.15) is 9.40 Å². The summed E-state index contributed by atoms with van der Waals surface area (Å²) in [5.74, 6) is 0.212. The number of aromatic nitrogens is 4. The van der Waals surface area contributed by atoms with Gasteiger partial charge in [0.15, 0.2) is 5.52 Å². The van der Waals surface area contributed by atoms with Crippen molar-refractivity contribution in [2.24, 2.45) is 13.0 Å². The second kappa shape index (κ2) is 11.7. The second-order valence-electron chi connectivity index (χ2n) is 9.35. The van der Waals surface area contributed by atoms with Crippen LogP contribution in [0.4, 0.5) is 0 Å². The Morgan fingerprint density at radius 2 is 2.00 bits per heavy atom. The molecule has 4 rings (SSSR count). The van der Waals surface area contributed by atoms with Crippen molar-refractivity contribution in [1.82, 2.24) is 24.1 Å². The van der Waals surface area contributed by atoms with E-state index in [2.05, 4.69) is 19.9 Å². The summed E-state index contributed by atoms with van der Waals surface area (Å²) in [7, 11) is -2.27. The molecule has 1 atom stereocenters. The van der Waals surface area contributed by atoms with Gasteiger partial charge in [-0.1, -0.05) is 13.3 Å². The lowest BCUT2D eigenvalue weighted by Gasteiger charge is -2.33. The van der Waals surface area contributed by atoms with Gasteiger partial charge < -0.3 is 19.7 Å². The molecule has 1 aromatic carbocycles. The molecule has 2 N–H and O–H groups in total. The molecule has 0 amide bonds. The van der Waals surface area contributed by atoms with Gasteiger partial charge in [-0.3, -0.25) is 9.48 Å². The van der Waals surface area contributed by atoms with Crippen LogP contribution in [0.5, 0.6) is 5.75 Å². The van der Waals surface area contributed by atoms with Crippen molar-refractivity contribution in [2.45, 2.75) is 50.5 Å². The number of benzene rings is 1. The van der Waals surface area contributed by atoms with Crippen LogP contribution in [0.3, 0.4) is 0 Å². The molecule has 0 aliphatic carbocycles. The molecule has 0 spiro atoms. The number of nitrogens with zero attached hydrogens (tertiary/aromatic N) is 5. The Morgan fingerprint density at radius 3 is 2.64 bits per heavy atom. The number of aliphatic hydroxyl groups excluding tert-OH is 1. The van der Waals surface area contributed by atoms with Crippen molar-refractivity contribution in [3.8, 4) is 17.1 Å². The zero-order chi connectivity index (χ0) is 28.3. The minimum Gasteiger partial charge on any atom is -0.493 e. The second-order valence-corrected chi connectivity index (χ2v) is 11.3. The average Bonchev–Trinajstić information content (AvgIpc) is 3.23. The lowest BCUT2D eigenvalue weighted by Crippen LogP contribution is -2.42. The summed E-state index contributed by atoms with van der Waals surface area (Å²) in [4.78, 5) is 35.1. The number of piperidine rings is 1. The molecular weight excluding hydrogens is 532 g/mol. The Bertz CT molecular complexity index is 1510. The molecule has 15 heteroatoms. The van der Waals surface area contributed by atoms with Gasteiger partial charge in [0.25, 0.3) is 10.6 Å². The van der Waals surface area contributed by atoms with Crippen LogP contribution in [0, 0.1) is 16.0 Å². The minimum atomic E-state index is -3.94. The van der Waals surface area contributed by atoms with Crippen molar-refractivity contribution in [2.75, 3.05) is 26.3 Å². The van der Waals surface area contributed by atoms with Crippen molar-refractivity contribution < 1.29 is 28.2 Å². The SMILES string of the molecule is CCCc1nn(C)c2c(=O)[nH]c(-c3cc(S(=O)(=O)N4CCC([C@H](O)CO[N+](=O)[O-])CC4)ccc3OCC)nc12. The predicted molar refractivity (Wildman–Crippen MR) is 140 cm³/mol. The van der Waals surface area contributed by atoms with E-state index < -0.39 is 33.4 Å². The van der Waals surface area contributed by atoms with E-state index in [0.29, 0.717) is 53.9 Å². The average molecular weight is 565 g/mol. The molecule has 1 fully saturated rings. The summed E-state index contributed by atoms with van der Waals surface area (Å²) in [6.07, 6.45) is 1.00. The molecule has 2 aromatic heterocycles. The molecule has 39 heavy (non-hydrogen) atoms. The Morgan fingerprint density at radius 1 is 1.28 bits per heavy atom. The molecule has 1 aliphatic rings. The summed E-state index contributed by atoms with van der Waals surface area (Å²) in [5, 5.41) is 24.0. The molecule has 3 aromatic rings. The standard InChI is InChI=1S/C24H32N6O8S/c1-4-6-18-21-22(28(3)27-18)24(32)26-23(25-21)17-13-16(7-8-20(17)37-5-2)39(35,36)29-11-9-15(10-12-29)19(31)14-38-30(33)34/h7-8,13,15,19,31H,4-6,9-12,14H2,1-3H3,(H,25,26,32)/t19-/m1/s1. The van der Waals surface area contributed by atoms with Crippen LogP contribution in [0.1, 0.15) is 38.8 Å². The fourth-order valence-corrected chi connectivity index (χ4v) is 6.34. The lowest BCUT2D eigenvalue weighted by atomic mass is 9.93. The molecule has 1 aliphatic heterocycles. The maximum absolute atomic E-state index is 13.6. The largest absolute Gasteiger partial charge is 0.493 e. The predicted octanol–water partition coefficient (Wildman–Crippen LogP) is 1.64. The van der Waals surface area contributed by atoms with Crippen LogP contribution in [0.2, 0.25) is 0 Å². The number of hydrogen-bond acceptors (Lipinski definition) is 10. The first kappa shape index (κ1) is 28.4. The summed E-state index contributed by atoms with van der Waals surface area (Å²) < 4.78 is 35.7. The number of fused-ring (bicyclic) bond motifs is 1. The summed E-state index contributed by atoms with van der Waals surface area (Å²) in [6, 6.07) is 4.42. The topological polar surface area (TPSA) is 183 Å². The third-order valence-corrected chi connectivity index (χ3v) is 8.68. The van der Waals surface area contributed by atoms with Crippen molar-refractivity contribution in [3.05, 3.63) is 44.4 Å². The van der Waals surface area contributed by atoms with Crippen LogP contribution >= 0.6 is 0 Å². The number of ether oxygens (including phenoxy) is 1. The highest BCUT2D eigenvalue weighted by Crippen LogP contribution is 2.33. The molecule has 14 nitrogen and oxygen atoms in total. The first-order valence-electron chi connectivity index (χ1n) is 12.7. The third-order valence-electron chi connectivity index (χ3n) is 6.79. The molecule has 0 saturated carbocycles. The molecule has 0 bridgehead atoms. The van der Waals surface area contributed by atoms with Crippen LogP contribution in [0.25, 0.3) is 22.4 Å². The van der Waals surface area contributed by atoms with Gasteiger partial charge in [0, 0.05) is 20.1 Å². The van der Waals surface area contributed by atoms with Crippen LogP contribution in [-0.4, -0.2) is 75.1 Å². The van der Waals surface area contributed by atoms with Gasteiger partial charge in [0.2, 0.25) is 10.0 Å². The number of aryl methyl sites for hydroxylation is 2. The zero-order valence-electron chi connectivity index (χ0n) is 22.0. The fourth-order valence-electron chi connectivity index (χ4n) is 4.84. The minimum absolute atomic E-state index is 0.000601. The third kappa shape index (κ3) is 5.89. The quantitative estimate of drug-likeness (QED) is 0.256. The molecule has 3 heterocycles. The number of nitrogens with one attached hydrogen (secondary N) is 1. The van der Waals surface area contributed by atoms with Crippen LogP contribution in [-0.2, 0) is 28.3 Å². The maximum Gasteiger partial charge on any atom is 0.294 e. The number of hydrogen-bond donors (Lipinski definition) is 2. The van der Waals surface area contributed by atoms with E-state index >= 15 is 0 Å². The van der Waals surface area contributed by atoms with E-state index in [-0.39, 0.29) is 29.7 Å². The van der Waals surface area contributed by atoms with Crippen molar-refractivity contribution in [3.63, 3.8) is 0 Å². The van der Waals surface area contributed by atoms with Gasteiger partial charge >= 0.3 is 0 Å². The number of rotatable bonds is 11. The monoisotopic (exact) mass is 564 g/mol.